The van der Waals surface area contributed by atoms with Crippen molar-refractivity contribution >= 4 is 33.9 Å². The summed E-state index contributed by atoms with van der Waals surface area (Å²) in [7, 11) is 3.47. The number of halogens is 2. The van der Waals surface area contributed by atoms with E-state index in [0.29, 0.717) is 54.4 Å². The molecule has 1 unspecified atom stereocenters. The second kappa shape index (κ2) is 12.5. The minimum Gasteiger partial charge on any atom is -0.494 e. The third-order valence-electron chi connectivity index (χ3n) is 8.81. The summed E-state index contributed by atoms with van der Waals surface area (Å²) in [6.07, 6.45) is 3.47. The van der Waals surface area contributed by atoms with Gasteiger partial charge in [-0.25, -0.2) is 18.7 Å². The van der Waals surface area contributed by atoms with Gasteiger partial charge < -0.3 is 29.8 Å². The monoisotopic (exact) mass is 607 g/mol. The molecule has 10 nitrogen and oxygen atoms in total. The van der Waals surface area contributed by atoms with Gasteiger partial charge in [0.2, 0.25) is 5.91 Å². The number of aryl methyl sites for hydroxylation is 2. The van der Waals surface area contributed by atoms with Gasteiger partial charge in [-0.05, 0) is 56.0 Å². The number of pyridine rings is 1. The Bertz CT molecular complexity index is 1700. The topological polar surface area (TPSA) is 120 Å². The zero-order valence-corrected chi connectivity index (χ0v) is 25.2. The first-order chi connectivity index (χ1) is 21.2. The number of piperidine rings is 1. The number of imidazole rings is 1. The van der Waals surface area contributed by atoms with Gasteiger partial charge in [-0.2, -0.15) is 0 Å². The number of hydrogen-bond donors (Lipinski definition) is 2. The minimum absolute atomic E-state index is 0.0362. The highest BCUT2D eigenvalue weighted by atomic mass is 19.3. The van der Waals surface area contributed by atoms with Crippen LogP contribution in [0.3, 0.4) is 0 Å². The van der Waals surface area contributed by atoms with Gasteiger partial charge >= 0.3 is 0 Å². The third kappa shape index (κ3) is 5.74. The number of carbonyl (C=O) groups is 2. The molecule has 3 N–H and O–H groups in total. The van der Waals surface area contributed by atoms with E-state index in [4.69, 9.17) is 15.5 Å². The number of nitrogens with one attached hydrogen (secondary N) is 1. The summed E-state index contributed by atoms with van der Waals surface area (Å²) in [4.78, 5) is 37.4. The van der Waals surface area contributed by atoms with Crippen LogP contribution in [0.4, 0.5) is 8.78 Å². The molecule has 6 rings (SSSR count). The molecule has 1 fully saturated rings. The second-order valence-electron chi connectivity index (χ2n) is 11.9. The smallest absolute Gasteiger partial charge is 0.264 e. The molecular weight excluding hydrogens is 568 g/mol. The fourth-order valence-electron chi connectivity index (χ4n) is 6.52. The standard InChI is InChI=1S/C32H39F2N7O3/c1-39-28-23(15-20(17-25(28)44-2)32(43)40-13-8-9-21(35)18-40)37-31(39)24-16-19-11-12-22-27(29(33)34)38-26(42)10-6-4-3-5-7-14-41(24)30(19)36-22/h11-12,15-17,21,27,29H,3-10,13-14,18,35H2,1-2H3,(H,38,42)/t21-,27?/m1/s1. The zero-order chi connectivity index (χ0) is 31.0. The van der Waals surface area contributed by atoms with Crippen molar-refractivity contribution in [1.82, 2.24) is 29.3 Å². The third-order valence-corrected chi connectivity index (χ3v) is 8.81. The Morgan fingerprint density at radius 1 is 1.07 bits per heavy atom. The van der Waals surface area contributed by atoms with Crippen molar-refractivity contribution in [2.45, 2.75) is 76.4 Å². The van der Waals surface area contributed by atoms with Crippen molar-refractivity contribution in [2.75, 3.05) is 20.2 Å². The van der Waals surface area contributed by atoms with E-state index in [1.807, 2.05) is 22.2 Å². The van der Waals surface area contributed by atoms with E-state index in [2.05, 4.69) is 10.3 Å². The first kappa shape index (κ1) is 30.0. The van der Waals surface area contributed by atoms with Gasteiger partial charge in [0.1, 0.15) is 23.0 Å². The summed E-state index contributed by atoms with van der Waals surface area (Å²) >= 11 is 0. The summed E-state index contributed by atoms with van der Waals surface area (Å²) in [5.74, 6) is 0.677. The number of rotatable bonds is 4. The van der Waals surface area contributed by atoms with Gasteiger partial charge in [-0.1, -0.05) is 19.3 Å². The number of aromatic nitrogens is 4. The van der Waals surface area contributed by atoms with E-state index < -0.39 is 12.5 Å². The number of alkyl halides is 2. The molecular formula is C32H39F2N7O3. The van der Waals surface area contributed by atoms with Gasteiger partial charge in [0, 0.05) is 50.1 Å². The quantitative estimate of drug-likeness (QED) is 0.339. The number of hydrogen-bond acceptors (Lipinski definition) is 6. The Morgan fingerprint density at radius 2 is 1.86 bits per heavy atom. The number of nitrogens with zero attached hydrogens (tertiary/aromatic N) is 5. The lowest BCUT2D eigenvalue weighted by molar-refractivity contribution is -0.123. The van der Waals surface area contributed by atoms with Crippen LogP contribution >= 0.6 is 0 Å². The van der Waals surface area contributed by atoms with E-state index in [1.165, 1.54) is 0 Å². The molecule has 0 aliphatic carbocycles. The van der Waals surface area contributed by atoms with Crippen LogP contribution in [0, 0.1) is 0 Å². The zero-order valence-electron chi connectivity index (χ0n) is 25.2. The summed E-state index contributed by atoms with van der Waals surface area (Å²) in [5, 5.41) is 3.29. The minimum atomic E-state index is -2.80. The molecule has 2 aliphatic rings. The van der Waals surface area contributed by atoms with E-state index in [0.717, 1.165) is 55.1 Å². The van der Waals surface area contributed by atoms with Crippen molar-refractivity contribution in [3.63, 3.8) is 0 Å². The summed E-state index contributed by atoms with van der Waals surface area (Å²) in [6, 6.07) is 7.31. The van der Waals surface area contributed by atoms with Crippen LogP contribution in [0.15, 0.2) is 30.3 Å². The Labute approximate surface area is 254 Å². The van der Waals surface area contributed by atoms with Crippen molar-refractivity contribution in [3.05, 3.63) is 41.6 Å². The van der Waals surface area contributed by atoms with E-state index in [9.17, 15) is 18.4 Å². The number of ether oxygens (including phenoxy) is 1. The number of benzene rings is 1. The molecule has 2 atom stereocenters. The normalized spacial score (nSPS) is 20.3. The molecule has 0 spiro atoms. The molecule has 0 saturated carbocycles. The molecule has 1 saturated heterocycles. The number of amides is 2. The number of carbonyl (C=O) groups excluding carboxylic acids is 2. The number of fused-ring (bicyclic) bond motifs is 2. The number of methoxy groups -OCH3 is 1. The Kier molecular flexibility index (Phi) is 8.53. The Morgan fingerprint density at radius 3 is 2.64 bits per heavy atom. The summed E-state index contributed by atoms with van der Waals surface area (Å²) in [6.45, 7) is 1.80. The summed E-state index contributed by atoms with van der Waals surface area (Å²) < 4.78 is 38.0. The second-order valence-corrected chi connectivity index (χ2v) is 11.9. The van der Waals surface area contributed by atoms with Gasteiger partial charge in [0.25, 0.3) is 12.3 Å². The largest absolute Gasteiger partial charge is 0.494 e. The Balaban J connectivity index is 1.46. The van der Waals surface area contributed by atoms with Crippen LogP contribution in [-0.2, 0) is 18.4 Å². The molecule has 1 aromatic carbocycles. The SMILES string of the molecule is COc1cc(C(=O)N2CCC[C@@H](N)C2)cc2nc(-c3cc4ccc5nc4n3CCCCCCCC(=O)NC5C(F)F)n(C)c12. The predicted octanol–water partition coefficient (Wildman–Crippen LogP) is 4.94. The average molecular weight is 608 g/mol. The number of nitrogens with two attached hydrogens (primary N) is 1. The maximum absolute atomic E-state index is 14.1. The van der Waals surface area contributed by atoms with Crippen LogP contribution in [0.2, 0.25) is 0 Å². The highest BCUT2D eigenvalue weighted by molar-refractivity contribution is 6.00. The molecule has 12 heteroatoms. The van der Waals surface area contributed by atoms with Crippen LogP contribution in [0.5, 0.6) is 5.75 Å². The molecule has 0 radical (unpaired) electrons. The highest BCUT2D eigenvalue weighted by Crippen LogP contribution is 2.35. The van der Waals surface area contributed by atoms with Crippen molar-refractivity contribution < 1.29 is 23.1 Å². The maximum Gasteiger partial charge on any atom is 0.264 e. The van der Waals surface area contributed by atoms with E-state index >= 15 is 0 Å². The van der Waals surface area contributed by atoms with Crippen molar-refractivity contribution in [3.8, 4) is 17.3 Å². The highest BCUT2D eigenvalue weighted by Gasteiger charge is 2.28. The van der Waals surface area contributed by atoms with Crippen molar-refractivity contribution in [2.24, 2.45) is 12.8 Å². The molecule has 2 amide bonds. The molecule has 44 heavy (non-hydrogen) atoms. The van der Waals surface area contributed by atoms with Crippen LogP contribution < -0.4 is 15.8 Å². The maximum atomic E-state index is 14.1. The Hall–Kier alpha value is -4.06. The van der Waals surface area contributed by atoms with E-state index in [1.54, 1.807) is 36.3 Å². The van der Waals surface area contributed by atoms with Crippen LogP contribution in [0.1, 0.15) is 73.5 Å². The van der Waals surface area contributed by atoms with E-state index in [-0.39, 0.29) is 30.0 Å². The average Bonchev–Trinajstić information content (AvgIpc) is 3.54. The molecule has 4 aromatic rings. The molecule has 3 aromatic heterocycles. The van der Waals surface area contributed by atoms with Crippen molar-refractivity contribution in [1.29, 1.82) is 0 Å². The molecule has 2 aliphatic heterocycles. The van der Waals surface area contributed by atoms with Gasteiger partial charge in [-0.15, -0.1) is 0 Å². The number of likely N-dealkylation sites (tertiary alicyclic amines) is 1. The fourth-order valence-corrected chi connectivity index (χ4v) is 6.52. The lowest BCUT2D eigenvalue weighted by Gasteiger charge is -2.30. The van der Waals surface area contributed by atoms with Gasteiger partial charge in [-0.3, -0.25) is 9.59 Å². The van der Waals surface area contributed by atoms with Crippen LogP contribution in [-0.4, -0.2) is 68.5 Å². The molecule has 5 heterocycles. The lowest BCUT2D eigenvalue weighted by Crippen LogP contribution is -2.45. The molecule has 2 bridgehead atoms. The first-order valence-electron chi connectivity index (χ1n) is 15.4. The molecule has 234 valence electrons. The van der Waals surface area contributed by atoms with Gasteiger partial charge in [0.15, 0.2) is 5.82 Å². The van der Waals surface area contributed by atoms with Gasteiger partial charge in [0.05, 0.1) is 24.0 Å². The summed E-state index contributed by atoms with van der Waals surface area (Å²) in [5.41, 5.74) is 9.44. The predicted molar refractivity (Wildman–Crippen MR) is 164 cm³/mol. The first-order valence-corrected chi connectivity index (χ1v) is 15.4. The fraction of sp³-hybridized carbons (Fsp3) is 0.500. The van der Waals surface area contributed by atoms with Crippen LogP contribution in [0.25, 0.3) is 33.6 Å². The lowest BCUT2D eigenvalue weighted by atomic mass is 10.0.